The van der Waals surface area contributed by atoms with Crippen molar-refractivity contribution in [2.24, 2.45) is 0 Å². The molecule has 5 heavy (non-hydrogen) atoms. The predicted octanol–water partition coefficient (Wildman–Crippen LogP) is 0.881. The number of hydrogen-bond acceptors (Lipinski definition) is 0. The van der Waals surface area contributed by atoms with Crippen molar-refractivity contribution in [1.82, 2.24) is 0 Å². The second kappa shape index (κ2) is 4.49. The highest BCUT2D eigenvalue weighted by molar-refractivity contribution is 7.37. The van der Waals surface area contributed by atoms with Crippen molar-refractivity contribution in [3.05, 3.63) is 0 Å². The summed E-state index contributed by atoms with van der Waals surface area (Å²) in [5.41, 5.74) is 0. The van der Waals surface area contributed by atoms with Gasteiger partial charge in [-0.15, -0.1) is 8.58 Å². The molecule has 2 heteroatoms. The van der Waals surface area contributed by atoms with E-state index >= 15 is 0 Å². The molecule has 0 aliphatic rings. The van der Waals surface area contributed by atoms with E-state index < -0.39 is 0 Å². The minimum Gasteiger partial charge on any atom is -0.126 e. The Morgan fingerprint density at radius 2 is 2.40 bits per heavy atom. The van der Waals surface area contributed by atoms with E-state index in [2.05, 4.69) is 6.66 Å². The molecule has 1 unspecified atom stereocenters. The first kappa shape index (κ1) is 5.49. The van der Waals surface area contributed by atoms with Crippen LogP contribution >= 0.6 is 8.58 Å². The minimum absolute atomic E-state index is 0.856. The van der Waals surface area contributed by atoms with Gasteiger partial charge in [0.25, 0.3) is 0 Å². The van der Waals surface area contributed by atoms with E-state index in [0.29, 0.717) is 0 Å². The predicted molar refractivity (Wildman–Crippen MR) is 29.7 cm³/mol. The summed E-state index contributed by atoms with van der Waals surface area (Å²) in [6.07, 6.45) is 2.05. The van der Waals surface area contributed by atoms with E-state index in [-0.39, 0.29) is 0 Å². The molecule has 0 aliphatic carbocycles. The monoisotopic (exact) mass is 86.0 g/mol. The lowest BCUT2D eigenvalue weighted by Gasteiger charge is -1.80. The summed E-state index contributed by atoms with van der Waals surface area (Å²) in [4.78, 5) is 0. The summed E-state index contributed by atoms with van der Waals surface area (Å²) in [5, 5.41) is 0. The SMILES string of the molecule is [B]CCPC. The zero-order valence-corrected chi connectivity index (χ0v) is 4.49. The first-order valence-electron chi connectivity index (χ1n) is 1.76. The summed E-state index contributed by atoms with van der Waals surface area (Å²) in [5.74, 6) is 0. The Balaban J connectivity index is 2.19. The van der Waals surface area contributed by atoms with Crippen LogP contribution in [-0.4, -0.2) is 20.7 Å². The molecular weight excluding hydrogens is 77.8 g/mol. The van der Waals surface area contributed by atoms with Crippen molar-refractivity contribution in [2.45, 2.75) is 6.32 Å². The van der Waals surface area contributed by atoms with Crippen molar-refractivity contribution in [2.75, 3.05) is 12.8 Å². The van der Waals surface area contributed by atoms with Crippen LogP contribution in [0.15, 0.2) is 0 Å². The topological polar surface area (TPSA) is 0 Å². The Bertz CT molecular complexity index is 14.4. The van der Waals surface area contributed by atoms with Gasteiger partial charge in [-0.2, -0.15) is 0 Å². The minimum atomic E-state index is 0.856. The second-order valence-electron chi connectivity index (χ2n) is 0.892. The summed E-state index contributed by atoms with van der Waals surface area (Å²) in [6, 6.07) is 0. The van der Waals surface area contributed by atoms with Crippen LogP contribution in [0.25, 0.3) is 0 Å². The lowest BCUT2D eigenvalue weighted by Crippen LogP contribution is -1.66. The smallest absolute Gasteiger partial charge is 0.0657 e. The van der Waals surface area contributed by atoms with Gasteiger partial charge in [-0.25, -0.2) is 0 Å². The molecule has 0 aliphatic heterocycles. The van der Waals surface area contributed by atoms with Gasteiger partial charge in [-0.1, -0.05) is 6.32 Å². The molecule has 0 amide bonds. The summed E-state index contributed by atoms with van der Waals surface area (Å²) in [6.45, 7) is 2.16. The van der Waals surface area contributed by atoms with Crippen LogP contribution in [0, 0.1) is 0 Å². The van der Waals surface area contributed by atoms with Crippen LogP contribution in [0.3, 0.4) is 0 Å². The third-order valence-electron chi connectivity index (χ3n) is 0.394. The molecule has 28 valence electrons. The quantitative estimate of drug-likeness (QED) is 0.345. The van der Waals surface area contributed by atoms with Crippen molar-refractivity contribution in [3.8, 4) is 0 Å². The van der Waals surface area contributed by atoms with Crippen molar-refractivity contribution >= 4 is 16.4 Å². The molecule has 2 radical (unpaired) electrons. The fraction of sp³-hybridized carbons (Fsp3) is 1.00. The van der Waals surface area contributed by atoms with Gasteiger partial charge in [-0.3, -0.25) is 0 Å². The summed E-state index contributed by atoms with van der Waals surface area (Å²) < 4.78 is 0. The standard InChI is InChI=1S/C3H8BP/c1-5-3-2-4/h5H,2-3H2,1H3. The van der Waals surface area contributed by atoms with Crippen LogP contribution in [0.2, 0.25) is 6.32 Å². The molecule has 0 saturated heterocycles. The molecule has 0 heterocycles. The molecule has 0 aromatic heterocycles. The van der Waals surface area contributed by atoms with Crippen molar-refractivity contribution in [3.63, 3.8) is 0 Å². The van der Waals surface area contributed by atoms with Gasteiger partial charge >= 0.3 is 0 Å². The normalized spacial score (nSPS) is 10.6. The van der Waals surface area contributed by atoms with Crippen LogP contribution in [0.5, 0.6) is 0 Å². The third-order valence-corrected chi connectivity index (χ3v) is 1.18. The maximum atomic E-state index is 5.15. The molecule has 0 N–H and O–H groups in total. The molecule has 0 aromatic rings. The Labute approximate surface area is 36.5 Å². The van der Waals surface area contributed by atoms with Gasteiger partial charge in [0.15, 0.2) is 0 Å². The Kier molecular flexibility index (Phi) is 4.94. The largest absolute Gasteiger partial charge is 0.126 e. The molecule has 0 aromatic carbocycles. The highest BCUT2D eigenvalue weighted by atomic mass is 31.1. The number of rotatable bonds is 2. The molecule has 0 fully saturated rings. The fourth-order valence-electron chi connectivity index (χ4n) is 0.144. The molecule has 0 rings (SSSR count). The molecule has 0 spiro atoms. The average molecular weight is 85.9 g/mol. The van der Waals surface area contributed by atoms with Gasteiger partial charge < -0.3 is 0 Å². The lowest BCUT2D eigenvalue weighted by molar-refractivity contribution is 1.50. The first-order chi connectivity index (χ1) is 2.41. The average Bonchev–Trinajstić information content (AvgIpc) is 1.41. The third kappa shape index (κ3) is 4.49. The highest BCUT2D eigenvalue weighted by Crippen LogP contribution is 2.00. The van der Waals surface area contributed by atoms with Crippen molar-refractivity contribution < 1.29 is 0 Å². The number of hydrogen-bond donors (Lipinski definition) is 0. The molecule has 1 atom stereocenters. The van der Waals surface area contributed by atoms with Crippen molar-refractivity contribution in [1.29, 1.82) is 0 Å². The van der Waals surface area contributed by atoms with Gasteiger partial charge in [0.2, 0.25) is 0 Å². The van der Waals surface area contributed by atoms with E-state index in [1.807, 2.05) is 0 Å². The van der Waals surface area contributed by atoms with Crippen LogP contribution in [0.1, 0.15) is 0 Å². The van der Waals surface area contributed by atoms with E-state index in [4.69, 9.17) is 7.85 Å². The first-order valence-corrected chi connectivity index (χ1v) is 3.47. The van der Waals surface area contributed by atoms with Crippen LogP contribution in [0.4, 0.5) is 0 Å². The molecule has 0 saturated carbocycles. The summed E-state index contributed by atoms with van der Waals surface area (Å²) >= 11 is 0. The molecule has 0 nitrogen and oxygen atoms in total. The second-order valence-corrected chi connectivity index (χ2v) is 2.10. The highest BCUT2D eigenvalue weighted by Gasteiger charge is 1.67. The van der Waals surface area contributed by atoms with Crippen LogP contribution < -0.4 is 0 Å². The van der Waals surface area contributed by atoms with E-state index in [1.54, 1.807) is 0 Å². The van der Waals surface area contributed by atoms with E-state index in [1.165, 1.54) is 6.16 Å². The Morgan fingerprint density at radius 1 is 1.80 bits per heavy atom. The van der Waals surface area contributed by atoms with E-state index in [9.17, 15) is 0 Å². The Hall–Kier alpha value is 0.495. The Morgan fingerprint density at radius 3 is 2.40 bits per heavy atom. The maximum Gasteiger partial charge on any atom is 0.0657 e. The van der Waals surface area contributed by atoms with Gasteiger partial charge in [0.1, 0.15) is 0 Å². The van der Waals surface area contributed by atoms with Gasteiger partial charge in [-0.05, 0) is 12.8 Å². The lowest BCUT2D eigenvalue weighted by atomic mass is 10.1. The zero-order valence-electron chi connectivity index (χ0n) is 3.49. The van der Waals surface area contributed by atoms with Gasteiger partial charge in [0.05, 0.1) is 7.85 Å². The molecular formula is C3H8BP. The fourth-order valence-corrected chi connectivity index (χ4v) is 0.433. The zero-order chi connectivity index (χ0) is 4.12. The van der Waals surface area contributed by atoms with Crippen LogP contribution in [-0.2, 0) is 0 Å². The van der Waals surface area contributed by atoms with Gasteiger partial charge in [0, 0.05) is 0 Å². The molecule has 0 bridgehead atoms. The summed E-state index contributed by atoms with van der Waals surface area (Å²) in [7, 11) is 6.18. The van der Waals surface area contributed by atoms with E-state index in [0.717, 1.165) is 14.9 Å². The maximum absolute atomic E-state index is 5.15.